The normalized spacial score (nSPS) is 22.9. The van der Waals surface area contributed by atoms with Gasteiger partial charge in [0.1, 0.15) is 6.26 Å². The summed E-state index contributed by atoms with van der Waals surface area (Å²) in [5.41, 5.74) is 1.13. The number of hydrogen-bond acceptors (Lipinski definition) is 3. The highest BCUT2D eigenvalue weighted by Gasteiger charge is 2.24. The summed E-state index contributed by atoms with van der Waals surface area (Å²) < 4.78 is 5.50. The first-order valence-corrected chi connectivity index (χ1v) is 5.26. The van der Waals surface area contributed by atoms with Crippen LogP contribution in [0.25, 0.3) is 0 Å². The van der Waals surface area contributed by atoms with E-state index in [-0.39, 0.29) is 5.41 Å². The van der Waals surface area contributed by atoms with Crippen LogP contribution in [-0.2, 0) is 5.41 Å². The Bertz CT molecular complexity index is 305. The largest absolute Gasteiger partial charge is 0.447 e. The van der Waals surface area contributed by atoms with Crippen LogP contribution in [0.2, 0.25) is 0 Å². The summed E-state index contributed by atoms with van der Waals surface area (Å²) in [6.45, 7) is 7.53. The van der Waals surface area contributed by atoms with Crippen LogP contribution in [0.3, 0.4) is 0 Å². The molecule has 2 rings (SSSR count). The quantitative estimate of drug-likeness (QED) is 0.746. The Hall–Kier alpha value is -0.830. The van der Waals surface area contributed by atoms with Crippen LogP contribution in [0.15, 0.2) is 10.7 Å². The maximum Gasteiger partial charge on any atom is 0.211 e. The first-order valence-electron chi connectivity index (χ1n) is 5.26. The van der Waals surface area contributed by atoms with E-state index in [0.29, 0.717) is 6.04 Å². The van der Waals surface area contributed by atoms with Gasteiger partial charge in [0, 0.05) is 5.41 Å². The molecule has 1 aliphatic rings. The Balaban J connectivity index is 2.17. The van der Waals surface area contributed by atoms with Gasteiger partial charge in [-0.25, -0.2) is 4.98 Å². The van der Waals surface area contributed by atoms with Crippen molar-refractivity contribution in [1.29, 1.82) is 0 Å². The number of nitrogens with one attached hydrogen (secondary N) is 1. The summed E-state index contributed by atoms with van der Waals surface area (Å²) in [6, 6.07) is 0.339. The van der Waals surface area contributed by atoms with Crippen molar-refractivity contribution in [1.82, 2.24) is 10.3 Å². The molecule has 1 aromatic rings. The number of hydrogen-bond donors (Lipinski definition) is 1. The molecule has 1 unspecified atom stereocenters. The molecule has 1 atom stereocenters. The third-order valence-corrected chi connectivity index (χ3v) is 2.65. The van der Waals surface area contributed by atoms with Gasteiger partial charge in [0.15, 0.2) is 0 Å². The monoisotopic (exact) mass is 194 g/mol. The van der Waals surface area contributed by atoms with Gasteiger partial charge in [-0.2, -0.15) is 0 Å². The van der Waals surface area contributed by atoms with Crippen LogP contribution < -0.4 is 5.32 Å². The van der Waals surface area contributed by atoms with Gasteiger partial charge in [-0.1, -0.05) is 20.8 Å². The fourth-order valence-corrected chi connectivity index (χ4v) is 1.69. The molecule has 3 heteroatoms. The van der Waals surface area contributed by atoms with E-state index in [2.05, 4.69) is 31.1 Å². The van der Waals surface area contributed by atoms with E-state index >= 15 is 0 Å². The fraction of sp³-hybridized carbons (Fsp3) is 0.727. The van der Waals surface area contributed by atoms with Gasteiger partial charge in [-0.05, 0) is 19.4 Å². The fourth-order valence-electron chi connectivity index (χ4n) is 1.69. The highest BCUT2D eigenvalue weighted by Crippen LogP contribution is 2.26. The van der Waals surface area contributed by atoms with E-state index in [1.165, 1.54) is 6.42 Å². The number of oxazole rings is 1. The third-order valence-electron chi connectivity index (χ3n) is 2.65. The highest BCUT2D eigenvalue weighted by atomic mass is 16.3. The lowest BCUT2D eigenvalue weighted by Gasteiger charge is -2.13. The smallest absolute Gasteiger partial charge is 0.211 e. The molecule has 14 heavy (non-hydrogen) atoms. The van der Waals surface area contributed by atoms with Crippen molar-refractivity contribution < 1.29 is 4.42 Å². The van der Waals surface area contributed by atoms with Crippen LogP contribution in [0.4, 0.5) is 0 Å². The van der Waals surface area contributed by atoms with E-state index in [9.17, 15) is 0 Å². The molecule has 0 aliphatic carbocycles. The molecule has 2 heterocycles. The Kier molecular flexibility index (Phi) is 2.35. The van der Waals surface area contributed by atoms with Gasteiger partial charge in [0.25, 0.3) is 0 Å². The summed E-state index contributed by atoms with van der Waals surface area (Å²) in [5.74, 6) is 0.854. The molecule has 1 N–H and O–H groups in total. The summed E-state index contributed by atoms with van der Waals surface area (Å²) in [7, 11) is 0. The van der Waals surface area contributed by atoms with E-state index < -0.39 is 0 Å². The zero-order chi connectivity index (χ0) is 10.2. The predicted molar refractivity (Wildman–Crippen MR) is 55.2 cm³/mol. The predicted octanol–water partition coefficient (Wildman–Crippen LogP) is 2.40. The molecule has 1 saturated heterocycles. The third kappa shape index (κ3) is 1.82. The van der Waals surface area contributed by atoms with Crippen LogP contribution >= 0.6 is 0 Å². The van der Waals surface area contributed by atoms with Gasteiger partial charge >= 0.3 is 0 Å². The average Bonchev–Trinajstić information content (AvgIpc) is 2.73. The Morgan fingerprint density at radius 2 is 2.29 bits per heavy atom. The molecule has 0 aromatic carbocycles. The van der Waals surface area contributed by atoms with Crippen molar-refractivity contribution in [3.8, 4) is 0 Å². The summed E-state index contributed by atoms with van der Waals surface area (Å²) in [6.07, 6.45) is 4.15. The Morgan fingerprint density at radius 1 is 1.50 bits per heavy atom. The van der Waals surface area contributed by atoms with Gasteiger partial charge in [-0.15, -0.1) is 0 Å². The van der Waals surface area contributed by atoms with Crippen molar-refractivity contribution in [2.24, 2.45) is 0 Å². The van der Waals surface area contributed by atoms with Gasteiger partial charge in [-0.3, -0.25) is 0 Å². The summed E-state index contributed by atoms with van der Waals surface area (Å²) in [5, 5.41) is 3.38. The van der Waals surface area contributed by atoms with E-state index in [1.807, 2.05) is 0 Å². The minimum Gasteiger partial charge on any atom is -0.447 e. The van der Waals surface area contributed by atoms with E-state index in [0.717, 1.165) is 24.6 Å². The maximum absolute atomic E-state index is 5.50. The van der Waals surface area contributed by atoms with Crippen molar-refractivity contribution in [2.75, 3.05) is 6.54 Å². The second-order valence-corrected chi connectivity index (χ2v) is 4.97. The molecule has 0 spiro atoms. The van der Waals surface area contributed by atoms with E-state index in [4.69, 9.17) is 4.42 Å². The van der Waals surface area contributed by atoms with Gasteiger partial charge in [0.05, 0.1) is 11.7 Å². The second kappa shape index (κ2) is 3.39. The van der Waals surface area contributed by atoms with Crippen LogP contribution in [0, 0.1) is 0 Å². The Labute approximate surface area is 84.9 Å². The average molecular weight is 194 g/mol. The first-order chi connectivity index (χ1) is 6.57. The molecular formula is C11H18N2O. The molecular weight excluding hydrogens is 176 g/mol. The molecule has 3 nitrogen and oxygen atoms in total. The Morgan fingerprint density at radius 3 is 2.79 bits per heavy atom. The molecule has 1 fully saturated rings. The van der Waals surface area contributed by atoms with Crippen molar-refractivity contribution >= 4 is 0 Å². The minimum absolute atomic E-state index is 0.0837. The highest BCUT2D eigenvalue weighted by molar-refractivity contribution is 5.10. The van der Waals surface area contributed by atoms with Crippen LogP contribution in [0.5, 0.6) is 0 Å². The molecule has 78 valence electrons. The molecule has 0 radical (unpaired) electrons. The van der Waals surface area contributed by atoms with Gasteiger partial charge in [0.2, 0.25) is 5.89 Å². The van der Waals surface area contributed by atoms with Gasteiger partial charge < -0.3 is 9.73 Å². The lowest BCUT2D eigenvalue weighted by atomic mass is 9.93. The zero-order valence-electron chi connectivity index (χ0n) is 9.13. The molecule has 1 aliphatic heterocycles. The van der Waals surface area contributed by atoms with Crippen molar-refractivity contribution in [3.63, 3.8) is 0 Å². The van der Waals surface area contributed by atoms with Crippen molar-refractivity contribution in [2.45, 2.75) is 45.1 Å². The molecule has 0 amide bonds. The van der Waals surface area contributed by atoms with E-state index in [1.54, 1.807) is 6.26 Å². The summed E-state index contributed by atoms with van der Waals surface area (Å²) >= 11 is 0. The number of rotatable bonds is 1. The number of aromatic nitrogens is 1. The molecule has 1 aromatic heterocycles. The second-order valence-electron chi connectivity index (χ2n) is 4.97. The first kappa shape index (κ1) is 9.71. The maximum atomic E-state index is 5.50. The van der Waals surface area contributed by atoms with Crippen molar-refractivity contribution in [3.05, 3.63) is 17.8 Å². The molecule has 0 bridgehead atoms. The zero-order valence-corrected chi connectivity index (χ0v) is 9.13. The standard InChI is InChI=1S/C11H18N2O/c1-11(2,3)9-7-14-10(13-9)8-5-4-6-12-8/h7-8,12H,4-6H2,1-3H3. The lowest BCUT2D eigenvalue weighted by molar-refractivity contribution is 0.429. The number of nitrogens with zero attached hydrogens (tertiary/aromatic N) is 1. The summed E-state index contributed by atoms with van der Waals surface area (Å²) in [4.78, 5) is 4.53. The minimum atomic E-state index is 0.0837. The van der Waals surface area contributed by atoms with Crippen LogP contribution in [-0.4, -0.2) is 11.5 Å². The SMILES string of the molecule is CC(C)(C)c1coc(C2CCCN2)n1. The topological polar surface area (TPSA) is 38.1 Å². The lowest BCUT2D eigenvalue weighted by Crippen LogP contribution is -2.15. The molecule has 0 saturated carbocycles. The van der Waals surface area contributed by atoms with Crippen LogP contribution in [0.1, 0.15) is 51.2 Å².